The van der Waals surface area contributed by atoms with Crippen LogP contribution in [0.3, 0.4) is 0 Å². The smallest absolute Gasteiger partial charge is 0.410 e. The van der Waals surface area contributed by atoms with Gasteiger partial charge in [0, 0.05) is 44.0 Å². The normalized spacial score (nSPS) is 16.2. The van der Waals surface area contributed by atoms with Crippen molar-refractivity contribution in [2.24, 2.45) is 0 Å². The molecule has 0 radical (unpaired) electrons. The maximum Gasteiger partial charge on any atom is 0.410 e. The SMILES string of the molecule is COC(=O)[C@H](C)N(NS(=O)(=O)c1ccccc1)C(=O)CN1CCc2ccc(N3CCN(C(=O)OC(C)(C)C)CC3)cc2C1=O. The number of nitrogens with one attached hydrogen (secondary N) is 1. The molecule has 2 aliphatic rings. The Morgan fingerprint density at radius 2 is 1.66 bits per heavy atom. The Labute approximate surface area is 257 Å². The summed E-state index contributed by atoms with van der Waals surface area (Å²) in [6.45, 7) is 8.61. The number of anilines is 1. The van der Waals surface area contributed by atoms with E-state index < -0.39 is 40.1 Å². The summed E-state index contributed by atoms with van der Waals surface area (Å²) < 4.78 is 36.3. The Hall–Kier alpha value is -4.17. The third kappa shape index (κ3) is 7.66. The summed E-state index contributed by atoms with van der Waals surface area (Å²) in [4.78, 5) is 59.0. The second-order valence-electron chi connectivity index (χ2n) is 11.6. The number of carbonyl (C=O) groups excluding carboxylic acids is 4. The van der Waals surface area contributed by atoms with E-state index in [1.165, 1.54) is 36.1 Å². The van der Waals surface area contributed by atoms with Gasteiger partial charge in [-0.15, -0.1) is 4.83 Å². The van der Waals surface area contributed by atoms with Crippen LogP contribution in [0.2, 0.25) is 0 Å². The lowest BCUT2D eigenvalue weighted by Crippen LogP contribution is -2.57. The van der Waals surface area contributed by atoms with Crippen LogP contribution in [0.1, 0.15) is 43.6 Å². The number of rotatable bonds is 8. The van der Waals surface area contributed by atoms with E-state index in [0.717, 1.165) is 18.4 Å². The van der Waals surface area contributed by atoms with Gasteiger partial charge < -0.3 is 24.2 Å². The fourth-order valence-corrected chi connectivity index (χ4v) is 6.11. The molecule has 4 rings (SSSR count). The summed E-state index contributed by atoms with van der Waals surface area (Å²) in [6, 6.07) is 11.7. The maximum atomic E-state index is 13.6. The average molecular weight is 630 g/mol. The molecule has 0 spiro atoms. The fourth-order valence-electron chi connectivity index (χ4n) is 4.97. The van der Waals surface area contributed by atoms with Crippen LogP contribution in [0, 0.1) is 0 Å². The third-order valence-electron chi connectivity index (χ3n) is 7.36. The van der Waals surface area contributed by atoms with Crippen LogP contribution in [0.15, 0.2) is 53.4 Å². The van der Waals surface area contributed by atoms with Gasteiger partial charge in [0.25, 0.3) is 21.8 Å². The lowest BCUT2D eigenvalue weighted by molar-refractivity contribution is -0.153. The molecule has 0 aliphatic carbocycles. The zero-order valence-corrected chi connectivity index (χ0v) is 26.4. The Balaban J connectivity index is 1.47. The van der Waals surface area contributed by atoms with Crippen molar-refractivity contribution in [1.82, 2.24) is 19.6 Å². The summed E-state index contributed by atoms with van der Waals surface area (Å²) in [7, 11) is -3.09. The zero-order chi connectivity index (χ0) is 32.2. The first-order chi connectivity index (χ1) is 20.7. The fraction of sp³-hybridized carbons (Fsp3) is 0.467. The van der Waals surface area contributed by atoms with Crippen molar-refractivity contribution in [3.8, 4) is 0 Å². The molecule has 1 fully saturated rings. The number of hydrogen-bond donors (Lipinski definition) is 1. The molecule has 2 heterocycles. The highest BCUT2D eigenvalue weighted by molar-refractivity contribution is 7.89. The number of hydrogen-bond acceptors (Lipinski definition) is 9. The maximum absolute atomic E-state index is 13.6. The van der Waals surface area contributed by atoms with Crippen LogP contribution in [0.4, 0.5) is 10.5 Å². The lowest BCUT2D eigenvalue weighted by Gasteiger charge is -2.37. The number of piperazine rings is 1. The first-order valence-corrected chi connectivity index (χ1v) is 15.8. The largest absolute Gasteiger partial charge is 0.467 e. The van der Waals surface area contributed by atoms with Crippen LogP contribution >= 0.6 is 0 Å². The topological polar surface area (TPSA) is 146 Å². The van der Waals surface area contributed by atoms with Crippen LogP contribution in [-0.2, 0) is 35.5 Å². The van der Waals surface area contributed by atoms with E-state index in [2.05, 4.69) is 9.73 Å². The molecule has 0 bridgehead atoms. The van der Waals surface area contributed by atoms with Crippen LogP contribution in [0.5, 0.6) is 0 Å². The second kappa shape index (κ2) is 13.2. The monoisotopic (exact) mass is 629 g/mol. The molecular formula is C30H39N5O8S. The molecule has 13 nitrogen and oxygen atoms in total. The van der Waals surface area contributed by atoms with Crippen LogP contribution < -0.4 is 9.73 Å². The van der Waals surface area contributed by atoms with E-state index in [1.54, 1.807) is 17.0 Å². The van der Waals surface area contributed by atoms with Crippen molar-refractivity contribution in [3.05, 3.63) is 59.7 Å². The highest BCUT2D eigenvalue weighted by Gasteiger charge is 2.35. The van der Waals surface area contributed by atoms with E-state index in [1.807, 2.05) is 32.9 Å². The minimum Gasteiger partial charge on any atom is -0.467 e. The van der Waals surface area contributed by atoms with E-state index in [0.29, 0.717) is 43.2 Å². The van der Waals surface area contributed by atoms with Gasteiger partial charge in [0.2, 0.25) is 0 Å². The number of fused-ring (bicyclic) bond motifs is 1. The standard InChI is InChI=1S/C30H39N5O8S/c1-21(28(38)42-5)35(31-44(40,41)24-9-7-6-8-10-24)26(36)20-34-14-13-22-11-12-23(19-25(22)27(34)37)32-15-17-33(18-16-32)29(39)43-30(2,3)4/h6-12,19,21,31H,13-18,20H2,1-5H3/t21-/m0/s1. The van der Waals surface area contributed by atoms with E-state index >= 15 is 0 Å². The number of nitrogens with zero attached hydrogens (tertiary/aromatic N) is 4. The predicted octanol–water partition coefficient (Wildman–Crippen LogP) is 2.03. The third-order valence-corrected chi connectivity index (χ3v) is 8.68. The van der Waals surface area contributed by atoms with Crippen molar-refractivity contribution in [3.63, 3.8) is 0 Å². The molecule has 2 aromatic carbocycles. The molecule has 0 saturated carbocycles. The van der Waals surface area contributed by atoms with Gasteiger partial charge in [0.15, 0.2) is 0 Å². The van der Waals surface area contributed by atoms with Gasteiger partial charge in [-0.1, -0.05) is 24.3 Å². The number of benzene rings is 2. The molecule has 44 heavy (non-hydrogen) atoms. The molecule has 2 aliphatic heterocycles. The van der Waals surface area contributed by atoms with Crippen molar-refractivity contribution in [2.45, 2.75) is 50.7 Å². The number of amides is 3. The Bertz CT molecular complexity index is 1500. The van der Waals surface area contributed by atoms with Gasteiger partial charge in [0.05, 0.1) is 12.0 Å². The molecular weight excluding hydrogens is 590 g/mol. The summed E-state index contributed by atoms with van der Waals surface area (Å²) in [5, 5.41) is 0.692. The lowest BCUT2D eigenvalue weighted by atomic mass is 9.97. The van der Waals surface area contributed by atoms with Crippen molar-refractivity contribution >= 4 is 39.6 Å². The van der Waals surface area contributed by atoms with E-state index in [9.17, 15) is 27.6 Å². The highest BCUT2D eigenvalue weighted by Crippen LogP contribution is 2.26. The first-order valence-electron chi connectivity index (χ1n) is 14.3. The summed E-state index contributed by atoms with van der Waals surface area (Å²) in [5.41, 5.74) is 1.50. The number of hydrazine groups is 1. The van der Waals surface area contributed by atoms with Crippen LogP contribution in [-0.4, -0.2) is 105 Å². The number of esters is 1. The van der Waals surface area contributed by atoms with Crippen molar-refractivity contribution in [1.29, 1.82) is 0 Å². The number of methoxy groups -OCH3 is 1. The zero-order valence-electron chi connectivity index (χ0n) is 25.6. The predicted molar refractivity (Wildman–Crippen MR) is 161 cm³/mol. The Morgan fingerprint density at radius 1 is 1.00 bits per heavy atom. The molecule has 238 valence electrons. The summed E-state index contributed by atoms with van der Waals surface area (Å²) in [5.74, 6) is -2.01. The summed E-state index contributed by atoms with van der Waals surface area (Å²) in [6.07, 6.45) is 0.128. The van der Waals surface area contributed by atoms with Crippen molar-refractivity contribution in [2.75, 3.05) is 51.3 Å². The van der Waals surface area contributed by atoms with Crippen molar-refractivity contribution < 1.29 is 37.1 Å². The van der Waals surface area contributed by atoms with Gasteiger partial charge in [-0.25, -0.2) is 23.0 Å². The quantitative estimate of drug-likeness (QED) is 0.342. The van der Waals surface area contributed by atoms with Gasteiger partial charge >= 0.3 is 12.1 Å². The Morgan fingerprint density at radius 3 is 2.27 bits per heavy atom. The molecule has 0 aromatic heterocycles. The van der Waals surface area contributed by atoms with Gasteiger partial charge in [-0.2, -0.15) is 0 Å². The molecule has 1 N–H and O–H groups in total. The van der Waals surface area contributed by atoms with Crippen LogP contribution in [0.25, 0.3) is 0 Å². The highest BCUT2D eigenvalue weighted by atomic mass is 32.2. The molecule has 3 amide bonds. The number of ether oxygens (including phenoxy) is 2. The molecule has 1 saturated heterocycles. The average Bonchev–Trinajstić information content (AvgIpc) is 3.00. The molecule has 2 aromatic rings. The summed E-state index contributed by atoms with van der Waals surface area (Å²) >= 11 is 0. The minimum absolute atomic E-state index is 0.0997. The minimum atomic E-state index is -4.22. The first kappa shape index (κ1) is 32.7. The second-order valence-corrected chi connectivity index (χ2v) is 13.3. The van der Waals surface area contributed by atoms with E-state index in [-0.39, 0.29) is 23.4 Å². The van der Waals surface area contributed by atoms with E-state index in [4.69, 9.17) is 9.47 Å². The molecule has 14 heteroatoms. The Kier molecular flexibility index (Phi) is 9.84. The molecule has 0 unspecified atom stereocenters. The van der Waals surface area contributed by atoms with Gasteiger partial charge in [0.1, 0.15) is 18.2 Å². The number of sulfonamides is 1. The molecule has 1 atom stereocenters. The number of carbonyl (C=O) groups is 4. The van der Waals surface area contributed by atoms with Gasteiger partial charge in [-0.05, 0) is 63.9 Å². The van der Waals surface area contributed by atoms with Gasteiger partial charge in [-0.3, -0.25) is 9.59 Å².